The van der Waals surface area contributed by atoms with E-state index in [1.165, 1.54) is 22.1 Å². The number of likely N-dealkylation sites (tertiary alicyclic amines) is 1. The maximum atomic E-state index is 12.8. The van der Waals surface area contributed by atoms with Crippen LogP contribution in [0.3, 0.4) is 0 Å². The molecule has 0 unspecified atom stereocenters. The first-order chi connectivity index (χ1) is 11.3. The molecule has 10 heteroatoms. The number of nitrogens with zero attached hydrogens (tertiary/aromatic N) is 5. The highest BCUT2D eigenvalue weighted by atomic mass is 19.4. The first-order valence-electron chi connectivity index (χ1n) is 7.49. The van der Waals surface area contributed by atoms with E-state index in [0.717, 1.165) is 4.57 Å². The van der Waals surface area contributed by atoms with E-state index in [2.05, 4.69) is 10.1 Å². The molecule has 130 valence electrons. The van der Waals surface area contributed by atoms with Crippen molar-refractivity contribution in [2.24, 2.45) is 13.0 Å². The van der Waals surface area contributed by atoms with Gasteiger partial charge >= 0.3 is 6.18 Å². The fourth-order valence-electron chi connectivity index (χ4n) is 2.90. The number of hydrogen-bond acceptors (Lipinski definition) is 4. The highest BCUT2D eigenvalue weighted by Crippen LogP contribution is 2.33. The molecule has 3 heterocycles. The van der Waals surface area contributed by atoms with Gasteiger partial charge in [0.25, 0.3) is 5.56 Å². The predicted molar refractivity (Wildman–Crippen MR) is 78.1 cm³/mol. The Morgan fingerprint density at radius 2 is 2.17 bits per heavy atom. The highest BCUT2D eigenvalue weighted by molar-refractivity contribution is 5.77. The number of hydrogen-bond donors (Lipinski definition) is 0. The SMILES string of the molecule is Cn1ncc2c(=O)n(CC(=O)N3CCC[C@@H](C(F)(F)F)C3)cnc21. The van der Waals surface area contributed by atoms with Gasteiger partial charge in [-0.25, -0.2) is 4.98 Å². The number of aromatic nitrogens is 4. The molecule has 0 saturated carbocycles. The second kappa shape index (κ2) is 5.91. The van der Waals surface area contributed by atoms with E-state index < -0.39 is 23.6 Å². The van der Waals surface area contributed by atoms with Gasteiger partial charge in [0.05, 0.1) is 12.1 Å². The number of carbonyl (C=O) groups excluding carboxylic acids is 1. The largest absolute Gasteiger partial charge is 0.393 e. The number of fused-ring (bicyclic) bond motifs is 1. The zero-order valence-corrected chi connectivity index (χ0v) is 13.0. The van der Waals surface area contributed by atoms with Crippen molar-refractivity contribution in [3.63, 3.8) is 0 Å². The molecule has 2 aromatic rings. The van der Waals surface area contributed by atoms with Gasteiger partial charge in [-0.2, -0.15) is 18.3 Å². The van der Waals surface area contributed by atoms with Crippen LogP contribution in [0.4, 0.5) is 13.2 Å². The van der Waals surface area contributed by atoms with Crippen LogP contribution in [-0.4, -0.2) is 49.4 Å². The number of piperidine rings is 1. The van der Waals surface area contributed by atoms with Crippen molar-refractivity contribution >= 4 is 16.9 Å². The van der Waals surface area contributed by atoms with Crippen molar-refractivity contribution in [3.8, 4) is 0 Å². The van der Waals surface area contributed by atoms with Gasteiger partial charge in [-0.3, -0.25) is 18.8 Å². The van der Waals surface area contributed by atoms with E-state index in [-0.39, 0.29) is 31.4 Å². The first kappa shape index (κ1) is 16.5. The topological polar surface area (TPSA) is 73.0 Å². The molecule has 1 atom stereocenters. The van der Waals surface area contributed by atoms with E-state index in [1.807, 2.05) is 0 Å². The van der Waals surface area contributed by atoms with Crippen molar-refractivity contribution in [3.05, 3.63) is 22.9 Å². The Bertz CT molecular complexity index is 826. The molecule has 0 bridgehead atoms. The molecule has 24 heavy (non-hydrogen) atoms. The molecule has 0 N–H and O–H groups in total. The monoisotopic (exact) mass is 343 g/mol. The van der Waals surface area contributed by atoms with E-state index in [0.29, 0.717) is 12.1 Å². The molecule has 0 aliphatic carbocycles. The summed E-state index contributed by atoms with van der Waals surface area (Å²) in [6, 6.07) is 0. The second-order valence-corrected chi connectivity index (χ2v) is 5.90. The summed E-state index contributed by atoms with van der Waals surface area (Å²) in [4.78, 5) is 29.8. The van der Waals surface area contributed by atoms with Gasteiger partial charge in [0.2, 0.25) is 5.91 Å². The third-order valence-corrected chi connectivity index (χ3v) is 4.26. The summed E-state index contributed by atoms with van der Waals surface area (Å²) in [5, 5.41) is 4.19. The molecule has 1 saturated heterocycles. The number of halogens is 3. The maximum absolute atomic E-state index is 12.8. The lowest BCUT2D eigenvalue weighted by Crippen LogP contribution is -2.46. The predicted octanol–water partition coefficient (Wildman–Crippen LogP) is 0.931. The molecule has 3 rings (SSSR count). The Kier molecular flexibility index (Phi) is 4.06. The molecule has 1 fully saturated rings. The molecule has 1 aliphatic heterocycles. The normalized spacial score (nSPS) is 19.0. The summed E-state index contributed by atoms with van der Waals surface area (Å²) in [7, 11) is 1.63. The van der Waals surface area contributed by atoms with Crippen LogP contribution in [0, 0.1) is 5.92 Å². The lowest BCUT2D eigenvalue weighted by Gasteiger charge is -2.33. The van der Waals surface area contributed by atoms with Gasteiger partial charge in [-0.1, -0.05) is 0 Å². The first-order valence-corrected chi connectivity index (χ1v) is 7.49. The van der Waals surface area contributed by atoms with Crippen molar-refractivity contribution in [2.45, 2.75) is 25.6 Å². The standard InChI is InChI=1S/C14H16F3N5O2/c1-20-12-10(5-19-20)13(24)22(8-18-12)7-11(23)21-4-2-3-9(6-21)14(15,16)17/h5,8-9H,2-4,6-7H2,1H3/t9-/m1/s1. The summed E-state index contributed by atoms with van der Waals surface area (Å²) in [5.41, 5.74) is -0.0513. The number of alkyl halides is 3. The van der Waals surface area contributed by atoms with Gasteiger partial charge in [-0.15, -0.1) is 0 Å². The van der Waals surface area contributed by atoms with Gasteiger partial charge in [-0.05, 0) is 12.8 Å². The van der Waals surface area contributed by atoms with Crippen molar-refractivity contribution in [1.29, 1.82) is 0 Å². The number of carbonyl (C=O) groups is 1. The average molecular weight is 343 g/mol. The van der Waals surface area contributed by atoms with Crippen LogP contribution in [-0.2, 0) is 18.4 Å². The molecule has 1 aliphatic rings. The minimum Gasteiger partial charge on any atom is -0.341 e. The lowest BCUT2D eigenvalue weighted by molar-refractivity contribution is -0.188. The van der Waals surface area contributed by atoms with Crippen LogP contribution in [0.1, 0.15) is 12.8 Å². The summed E-state index contributed by atoms with van der Waals surface area (Å²) in [5.74, 6) is -2.03. The zero-order valence-electron chi connectivity index (χ0n) is 13.0. The smallest absolute Gasteiger partial charge is 0.341 e. The van der Waals surface area contributed by atoms with Gasteiger partial charge in [0.1, 0.15) is 18.3 Å². The number of amides is 1. The van der Waals surface area contributed by atoms with E-state index in [4.69, 9.17) is 0 Å². The molecule has 0 radical (unpaired) electrons. The quantitative estimate of drug-likeness (QED) is 0.813. The fourth-order valence-corrected chi connectivity index (χ4v) is 2.90. The second-order valence-electron chi connectivity index (χ2n) is 5.90. The lowest BCUT2D eigenvalue weighted by atomic mass is 9.97. The average Bonchev–Trinajstić information content (AvgIpc) is 2.91. The maximum Gasteiger partial charge on any atom is 0.393 e. The van der Waals surface area contributed by atoms with Crippen LogP contribution < -0.4 is 5.56 Å². The molecule has 1 amide bonds. The van der Waals surface area contributed by atoms with Gasteiger partial charge < -0.3 is 4.90 Å². The third kappa shape index (κ3) is 3.00. The zero-order chi connectivity index (χ0) is 17.5. The Hall–Kier alpha value is -2.39. The minimum atomic E-state index is -4.31. The Labute approximate surface area is 134 Å². The third-order valence-electron chi connectivity index (χ3n) is 4.26. The molecular weight excluding hydrogens is 327 g/mol. The van der Waals surface area contributed by atoms with Gasteiger partial charge in [0.15, 0.2) is 5.65 Å². The van der Waals surface area contributed by atoms with Crippen LogP contribution in [0.25, 0.3) is 11.0 Å². The number of rotatable bonds is 2. The van der Waals surface area contributed by atoms with Crippen LogP contribution in [0.15, 0.2) is 17.3 Å². The van der Waals surface area contributed by atoms with Crippen molar-refractivity contribution in [2.75, 3.05) is 13.1 Å². The molecule has 0 aromatic carbocycles. The van der Waals surface area contributed by atoms with E-state index in [1.54, 1.807) is 7.05 Å². The van der Waals surface area contributed by atoms with Crippen LogP contribution in [0.5, 0.6) is 0 Å². The molecular formula is C14H16F3N5O2. The summed E-state index contributed by atoms with van der Waals surface area (Å²) < 4.78 is 41.0. The number of aryl methyl sites for hydroxylation is 1. The van der Waals surface area contributed by atoms with Crippen LogP contribution >= 0.6 is 0 Å². The summed E-state index contributed by atoms with van der Waals surface area (Å²) >= 11 is 0. The summed E-state index contributed by atoms with van der Waals surface area (Å²) in [6.07, 6.45) is -1.42. The van der Waals surface area contributed by atoms with E-state index in [9.17, 15) is 22.8 Å². The Balaban J connectivity index is 1.77. The van der Waals surface area contributed by atoms with Crippen LogP contribution in [0.2, 0.25) is 0 Å². The summed E-state index contributed by atoms with van der Waals surface area (Å²) in [6.45, 7) is -0.427. The molecule has 7 nitrogen and oxygen atoms in total. The minimum absolute atomic E-state index is 0.0242. The van der Waals surface area contributed by atoms with Crippen molar-refractivity contribution < 1.29 is 18.0 Å². The Morgan fingerprint density at radius 1 is 1.42 bits per heavy atom. The Morgan fingerprint density at radius 3 is 2.88 bits per heavy atom. The molecule has 2 aromatic heterocycles. The fraction of sp³-hybridized carbons (Fsp3) is 0.571. The van der Waals surface area contributed by atoms with E-state index >= 15 is 0 Å². The highest BCUT2D eigenvalue weighted by Gasteiger charge is 2.42. The molecule has 0 spiro atoms. The van der Waals surface area contributed by atoms with Crippen molar-refractivity contribution in [1.82, 2.24) is 24.2 Å². The van der Waals surface area contributed by atoms with Gasteiger partial charge in [0, 0.05) is 20.1 Å².